The fraction of sp³-hybridized carbons (Fsp3) is 0.333. The number of anilines is 1. The molecule has 0 aliphatic heterocycles. The number of nitrogens with two attached hydrogens (primary N) is 1. The highest BCUT2D eigenvalue weighted by Gasteiger charge is 2.24. The second-order valence-corrected chi connectivity index (χ2v) is 4.80. The Labute approximate surface area is 97.6 Å². The van der Waals surface area contributed by atoms with Crippen molar-refractivity contribution in [3.05, 3.63) is 23.8 Å². The Morgan fingerprint density at radius 3 is 2.59 bits per heavy atom. The van der Waals surface area contributed by atoms with Gasteiger partial charge in [0.1, 0.15) is 5.75 Å². The van der Waals surface area contributed by atoms with Crippen LogP contribution in [0.2, 0.25) is 0 Å². The Morgan fingerprint density at radius 1 is 1.47 bits per heavy atom. The Morgan fingerprint density at radius 2 is 2.12 bits per heavy atom. The highest BCUT2D eigenvalue weighted by atomic mass is 32.2. The molecule has 17 heavy (non-hydrogen) atoms. The van der Waals surface area contributed by atoms with Crippen molar-refractivity contribution in [1.29, 1.82) is 0 Å². The number of sulfonamides is 1. The van der Waals surface area contributed by atoms with Gasteiger partial charge in [-0.15, -0.1) is 0 Å². The fourth-order valence-corrected chi connectivity index (χ4v) is 1.71. The van der Waals surface area contributed by atoms with Gasteiger partial charge < -0.3 is 10.5 Å². The first kappa shape index (κ1) is 13.7. The topological polar surface area (TPSA) is 81.4 Å². The SMILES string of the molecule is COc1cc(CN)ccc1NS(=O)(=O)C(F)F. The summed E-state index contributed by atoms with van der Waals surface area (Å²) < 4.78 is 52.9. The number of methoxy groups -OCH3 is 1. The fourth-order valence-electron chi connectivity index (χ4n) is 1.14. The lowest BCUT2D eigenvalue weighted by atomic mass is 10.2. The van der Waals surface area contributed by atoms with Crippen LogP contribution in [0.1, 0.15) is 5.56 Å². The largest absolute Gasteiger partial charge is 0.495 e. The number of alkyl halides is 2. The quantitative estimate of drug-likeness (QED) is 0.836. The maximum atomic E-state index is 12.2. The van der Waals surface area contributed by atoms with Crippen molar-refractivity contribution < 1.29 is 21.9 Å². The second-order valence-electron chi connectivity index (χ2n) is 3.15. The van der Waals surface area contributed by atoms with Crippen molar-refractivity contribution in [2.75, 3.05) is 11.8 Å². The number of benzene rings is 1. The number of halogens is 2. The van der Waals surface area contributed by atoms with Gasteiger partial charge in [0.05, 0.1) is 12.8 Å². The van der Waals surface area contributed by atoms with Crippen LogP contribution in [-0.2, 0) is 16.6 Å². The van der Waals surface area contributed by atoms with Gasteiger partial charge in [-0.2, -0.15) is 8.78 Å². The Bertz CT molecular complexity index is 491. The van der Waals surface area contributed by atoms with E-state index in [9.17, 15) is 17.2 Å². The molecule has 96 valence electrons. The zero-order valence-corrected chi connectivity index (χ0v) is 9.80. The molecular weight excluding hydrogens is 254 g/mol. The summed E-state index contributed by atoms with van der Waals surface area (Å²) in [5, 5.41) is 0. The molecule has 0 atom stereocenters. The van der Waals surface area contributed by atoms with E-state index in [1.54, 1.807) is 4.72 Å². The summed E-state index contributed by atoms with van der Waals surface area (Å²) in [6.45, 7) is 0.234. The molecule has 1 rings (SSSR count). The van der Waals surface area contributed by atoms with Gasteiger partial charge in [0, 0.05) is 6.54 Å². The first-order valence-electron chi connectivity index (χ1n) is 4.57. The lowest BCUT2D eigenvalue weighted by Crippen LogP contribution is -2.21. The molecule has 0 bridgehead atoms. The van der Waals surface area contributed by atoms with E-state index in [-0.39, 0.29) is 18.0 Å². The van der Waals surface area contributed by atoms with Crippen molar-refractivity contribution in [1.82, 2.24) is 0 Å². The third-order valence-corrected chi connectivity index (χ3v) is 2.96. The van der Waals surface area contributed by atoms with Gasteiger partial charge in [0.25, 0.3) is 10.0 Å². The lowest BCUT2D eigenvalue weighted by Gasteiger charge is -2.12. The molecule has 0 fully saturated rings. The zero-order valence-electron chi connectivity index (χ0n) is 8.98. The Kier molecular flexibility index (Phi) is 4.24. The highest BCUT2D eigenvalue weighted by molar-refractivity contribution is 7.93. The van der Waals surface area contributed by atoms with Gasteiger partial charge >= 0.3 is 5.76 Å². The van der Waals surface area contributed by atoms with Crippen LogP contribution in [0.3, 0.4) is 0 Å². The molecule has 0 heterocycles. The van der Waals surface area contributed by atoms with Crippen LogP contribution in [-0.4, -0.2) is 21.3 Å². The van der Waals surface area contributed by atoms with E-state index in [0.717, 1.165) is 0 Å². The maximum Gasteiger partial charge on any atom is 0.355 e. The molecule has 0 unspecified atom stereocenters. The predicted octanol–water partition coefficient (Wildman–Crippen LogP) is 1.12. The molecular formula is C9H12F2N2O3S. The van der Waals surface area contributed by atoms with Crippen LogP contribution >= 0.6 is 0 Å². The predicted molar refractivity (Wildman–Crippen MR) is 59.4 cm³/mol. The minimum atomic E-state index is -4.70. The van der Waals surface area contributed by atoms with Gasteiger partial charge in [-0.25, -0.2) is 8.42 Å². The van der Waals surface area contributed by atoms with Crippen LogP contribution in [0.25, 0.3) is 0 Å². The van der Waals surface area contributed by atoms with Crippen molar-refractivity contribution in [2.45, 2.75) is 12.3 Å². The van der Waals surface area contributed by atoms with Crippen LogP contribution < -0.4 is 15.2 Å². The van der Waals surface area contributed by atoms with Crippen molar-refractivity contribution in [2.24, 2.45) is 5.73 Å². The average Bonchev–Trinajstić information content (AvgIpc) is 2.29. The maximum absolute atomic E-state index is 12.2. The summed E-state index contributed by atoms with van der Waals surface area (Å²) in [4.78, 5) is 0. The molecule has 1 aromatic rings. The van der Waals surface area contributed by atoms with Gasteiger partial charge in [0.15, 0.2) is 0 Å². The van der Waals surface area contributed by atoms with E-state index in [1.165, 1.54) is 25.3 Å². The summed E-state index contributed by atoms with van der Waals surface area (Å²) in [7, 11) is -3.40. The Hall–Kier alpha value is -1.41. The summed E-state index contributed by atoms with van der Waals surface area (Å²) in [5.41, 5.74) is 6.03. The molecule has 8 heteroatoms. The molecule has 1 aromatic carbocycles. The van der Waals surface area contributed by atoms with Crippen molar-refractivity contribution in [3.8, 4) is 5.75 Å². The van der Waals surface area contributed by atoms with Gasteiger partial charge in [-0.3, -0.25) is 4.72 Å². The standard InChI is InChI=1S/C9H12F2N2O3S/c1-16-8-4-6(5-12)2-3-7(8)13-17(14,15)9(10)11/h2-4,9,13H,5,12H2,1H3. The normalized spacial score (nSPS) is 11.6. The third kappa shape index (κ3) is 3.27. The molecule has 0 aromatic heterocycles. The number of ether oxygens (including phenoxy) is 1. The average molecular weight is 266 g/mol. The molecule has 0 saturated heterocycles. The number of hydrogen-bond donors (Lipinski definition) is 2. The third-order valence-electron chi connectivity index (χ3n) is 1.99. The van der Waals surface area contributed by atoms with E-state index in [4.69, 9.17) is 10.5 Å². The van der Waals surface area contributed by atoms with Gasteiger partial charge in [0.2, 0.25) is 0 Å². The van der Waals surface area contributed by atoms with E-state index < -0.39 is 15.8 Å². The van der Waals surface area contributed by atoms with Crippen molar-refractivity contribution >= 4 is 15.7 Å². The van der Waals surface area contributed by atoms with E-state index in [0.29, 0.717) is 5.56 Å². The van der Waals surface area contributed by atoms with E-state index in [1.807, 2.05) is 0 Å². The zero-order chi connectivity index (χ0) is 13.1. The second kappa shape index (κ2) is 5.28. The summed E-state index contributed by atoms with van der Waals surface area (Å²) in [6, 6.07) is 4.32. The first-order chi connectivity index (χ1) is 7.90. The van der Waals surface area contributed by atoms with Crippen LogP contribution in [0.5, 0.6) is 5.75 Å². The monoisotopic (exact) mass is 266 g/mol. The molecule has 0 radical (unpaired) electrons. The van der Waals surface area contributed by atoms with Crippen molar-refractivity contribution in [3.63, 3.8) is 0 Å². The molecule has 0 spiro atoms. The minimum absolute atomic E-state index is 0.0509. The molecule has 0 amide bonds. The number of rotatable bonds is 5. The van der Waals surface area contributed by atoms with Crippen LogP contribution in [0.4, 0.5) is 14.5 Å². The van der Waals surface area contributed by atoms with Gasteiger partial charge in [-0.05, 0) is 17.7 Å². The molecule has 0 aliphatic rings. The molecule has 0 aliphatic carbocycles. The lowest BCUT2D eigenvalue weighted by molar-refractivity contribution is 0.236. The van der Waals surface area contributed by atoms with Crippen LogP contribution in [0.15, 0.2) is 18.2 Å². The first-order valence-corrected chi connectivity index (χ1v) is 6.12. The Balaban J connectivity index is 3.07. The van der Waals surface area contributed by atoms with E-state index >= 15 is 0 Å². The summed E-state index contributed by atoms with van der Waals surface area (Å²) >= 11 is 0. The minimum Gasteiger partial charge on any atom is -0.495 e. The highest BCUT2D eigenvalue weighted by Crippen LogP contribution is 2.27. The molecule has 5 nitrogen and oxygen atoms in total. The smallest absolute Gasteiger partial charge is 0.355 e. The molecule has 3 N–H and O–H groups in total. The van der Waals surface area contributed by atoms with Crippen LogP contribution in [0, 0.1) is 0 Å². The number of hydrogen-bond acceptors (Lipinski definition) is 4. The molecule has 0 saturated carbocycles. The van der Waals surface area contributed by atoms with E-state index in [2.05, 4.69) is 0 Å². The summed E-state index contributed by atoms with van der Waals surface area (Å²) in [6.07, 6.45) is 0. The van der Waals surface area contributed by atoms with Gasteiger partial charge in [-0.1, -0.05) is 6.07 Å². The number of nitrogens with one attached hydrogen (secondary N) is 1. The summed E-state index contributed by atoms with van der Waals surface area (Å²) in [5.74, 6) is -3.36.